The SMILES string of the molecule is COCCCNC(=O)N(CCC(=O)O)C(C)C. The molecule has 0 aliphatic heterocycles. The minimum Gasteiger partial charge on any atom is -0.481 e. The summed E-state index contributed by atoms with van der Waals surface area (Å²) in [7, 11) is 1.61. The Labute approximate surface area is 102 Å². The summed E-state index contributed by atoms with van der Waals surface area (Å²) in [5, 5.41) is 11.3. The third-order valence-electron chi connectivity index (χ3n) is 2.25. The highest BCUT2D eigenvalue weighted by atomic mass is 16.5. The van der Waals surface area contributed by atoms with E-state index in [1.165, 1.54) is 4.90 Å². The maximum atomic E-state index is 11.7. The van der Waals surface area contributed by atoms with Gasteiger partial charge in [-0.15, -0.1) is 0 Å². The number of aliphatic carboxylic acids is 1. The number of rotatable bonds is 8. The van der Waals surface area contributed by atoms with Crippen LogP contribution < -0.4 is 5.32 Å². The maximum absolute atomic E-state index is 11.7. The molecule has 6 heteroatoms. The smallest absolute Gasteiger partial charge is 0.317 e. The van der Waals surface area contributed by atoms with Crippen molar-refractivity contribution < 1.29 is 19.4 Å². The second kappa shape index (κ2) is 8.81. The molecule has 0 fully saturated rings. The first kappa shape index (κ1) is 15.7. The minimum atomic E-state index is -0.900. The first-order chi connectivity index (χ1) is 7.99. The average molecular weight is 246 g/mol. The monoisotopic (exact) mass is 246 g/mol. The third-order valence-corrected chi connectivity index (χ3v) is 2.25. The highest BCUT2D eigenvalue weighted by molar-refractivity contribution is 5.75. The van der Waals surface area contributed by atoms with Crippen LogP contribution in [-0.4, -0.2) is 54.9 Å². The Balaban J connectivity index is 4.02. The van der Waals surface area contributed by atoms with Crippen LogP contribution in [0.4, 0.5) is 4.79 Å². The van der Waals surface area contributed by atoms with Crippen molar-refractivity contribution in [3.05, 3.63) is 0 Å². The van der Waals surface area contributed by atoms with Gasteiger partial charge in [-0.05, 0) is 20.3 Å². The predicted octanol–water partition coefficient (Wildman–Crippen LogP) is 0.918. The molecule has 0 aliphatic carbocycles. The Kier molecular flexibility index (Phi) is 8.13. The van der Waals surface area contributed by atoms with Crippen molar-refractivity contribution in [2.24, 2.45) is 0 Å². The van der Waals surface area contributed by atoms with E-state index in [1.807, 2.05) is 13.8 Å². The summed E-state index contributed by atoms with van der Waals surface area (Å²) in [6.45, 7) is 5.07. The molecule has 2 N–H and O–H groups in total. The second-order valence-electron chi connectivity index (χ2n) is 4.01. The molecule has 0 aromatic carbocycles. The van der Waals surface area contributed by atoms with Gasteiger partial charge < -0.3 is 20.1 Å². The summed E-state index contributed by atoms with van der Waals surface area (Å²) in [4.78, 5) is 23.7. The summed E-state index contributed by atoms with van der Waals surface area (Å²) < 4.78 is 4.87. The number of urea groups is 1. The van der Waals surface area contributed by atoms with E-state index in [9.17, 15) is 9.59 Å². The van der Waals surface area contributed by atoms with Crippen LogP contribution in [0.2, 0.25) is 0 Å². The second-order valence-corrected chi connectivity index (χ2v) is 4.01. The zero-order valence-electron chi connectivity index (χ0n) is 10.7. The van der Waals surface area contributed by atoms with Gasteiger partial charge in [0.2, 0.25) is 0 Å². The molecular formula is C11H22N2O4. The van der Waals surface area contributed by atoms with Gasteiger partial charge in [-0.3, -0.25) is 4.79 Å². The lowest BCUT2D eigenvalue weighted by Crippen LogP contribution is -2.45. The first-order valence-corrected chi connectivity index (χ1v) is 5.74. The molecule has 17 heavy (non-hydrogen) atoms. The van der Waals surface area contributed by atoms with E-state index in [-0.39, 0.29) is 25.0 Å². The van der Waals surface area contributed by atoms with Crippen LogP contribution in [0.1, 0.15) is 26.7 Å². The zero-order chi connectivity index (χ0) is 13.3. The van der Waals surface area contributed by atoms with E-state index < -0.39 is 5.97 Å². The molecule has 100 valence electrons. The normalized spacial score (nSPS) is 10.4. The maximum Gasteiger partial charge on any atom is 0.317 e. The van der Waals surface area contributed by atoms with Crippen molar-refractivity contribution in [3.63, 3.8) is 0 Å². The molecule has 0 bridgehead atoms. The number of nitrogens with one attached hydrogen (secondary N) is 1. The number of carboxylic acids is 1. The molecule has 0 aliphatic rings. The zero-order valence-corrected chi connectivity index (χ0v) is 10.7. The van der Waals surface area contributed by atoms with Gasteiger partial charge in [-0.2, -0.15) is 0 Å². The quantitative estimate of drug-likeness (QED) is 0.624. The molecule has 0 rings (SSSR count). The molecule has 0 aromatic heterocycles. The van der Waals surface area contributed by atoms with Crippen LogP contribution in [0.5, 0.6) is 0 Å². The number of amides is 2. The number of hydrogen-bond donors (Lipinski definition) is 2. The summed E-state index contributed by atoms with van der Waals surface area (Å²) in [6.07, 6.45) is 0.705. The molecule has 0 saturated carbocycles. The van der Waals surface area contributed by atoms with Crippen molar-refractivity contribution in [3.8, 4) is 0 Å². The van der Waals surface area contributed by atoms with Gasteiger partial charge in [0.25, 0.3) is 0 Å². The number of ether oxygens (including phenoxy) is 1. The molecule has 0 heterocycles. The van der Waals surface area contributed by atoms with Crippen LogP contribution in [0.15, 0.2) is 0 Å². The Bertz CT molecular complexity index is 244. The minimum absolute atomic E-state index is 0.0169. The van der Waals surface area contributed by atoms with Gasteiger partial charge in [-0.25, -0.2) is 4.79 Å². The largest absolute Gasteiger partial charge is 0.481 e. The number of carbonyl (C=O) groups excluding carboxylic acids is 1. The van der Waals surface area contributed by atoms with Crippen LogP contribution >= 0.6 is 0 Å². The van der Waals surface area contributed by atoms with Crippen LogP contribution in [0.3, 0.4) is 0 Å². The lowest BCUT2D eigenvalue weighted by Gasteiger charge is -2.26. The van der Waals surface area contributed by atoms with Crippen LogP contribution in [-0.2, 0) is 9.53 Å². The highest BCUT2D eigenvalue weighted by Crippen LogP contribution is 2.00. The van der Waals surface area contributed by atoms with E-state index in [4.69, 9.17) is 9.84 Å². The number of carbonyl (C=O) groups is 2. The number of nitrogens with zero attached hydrogens (tertiary/aromatic N) is 1. The van der Waals surface area contributed by atoms with E-state index in [0.717, 1.165) is 6.42 Å². The lowest BCUT2D eigenvalue weighted by molar-refractivity contribution is -0.137. The predicted molar refractivity (Wildman–Crippen MR) is 64.0 cm³/mol. The Morgan fingerprint density at radius 1 is 1.41 bits per heavy atom. The van der Waals surface area contributed by atoms with Crippen molar-refractivity contribution in [1.29, 1.82) is 0 Å². The van der Waals surface area contributed by atoms with E-state index >= 15 is 0 Å². The van der Waals surface area contributed by atoms with Crippen molar-refractivity contribution >= 4 is 12.0 Å². The summed E-state index contributed by atoms with van der Waals surface area (Å²) in [5.74, 6) is -0.900. The fourth-order valence-corrected chi connectivity index (χ4v) is 1.32. The molecule has 0 atom stereocenters. The van der Waals surface area contributed by atoms with Crippen molar-refractivity contribution in [2.45, 2.75) is 32.7 Å². The molecule has 2 amide bonds. The van der Waals surface area contributed by atoms with Gasteiger partial charge in [0.05, 0.1) is 6.42 Å². The Hall–Kier alpha value is -1.30. The number of methoxy groups -OCH3 is 1. The van der Waals surface area contributed by atoms with Crippen LogP contribution in [0.25, 0.3) is 0 Å². The van der Waals surface area contributed by atoms with E-state index in [0.29, 0.717) is 13.2 Å². The summed E-state index contributed by atoms with van der Waals surface area (Å²) in [5.41, 5.74) is 0. The topological polar surface area (TPSA) is 78.9 Å². The van der Waals surface area contributed by atoms with Gasteiger partial charge in [0, 0.05) is 32.8 Å². The molecule has 0 saturated heterocycles. The van der Waals surface area contributed by atoms with Crippen molar-refractivity contribution in [1.82, 2.24) is 10.2 Å². The molecule has 6 nitrogen and oxygen atoms in total. The van der Waals surface area contributed by atoms with Crippen molar-refractivity contribution in [2.75, 3.05) is 26.8 Å². The fraction of sp³-hybridized carbons (Fsp3) is 0.818. The summed E-state index contributed by atoms with van der Waals surface area (Å²) >= 11 is 0. The van der Waals surface area contributed by atoms with E-state index in [2.05, 4.69) is 5.32 Å². The first-order valence-electron chi connectivity index (χ1n) is 5.74. The lowest BCUT2D eigenvalue weighted by atomic mass is 10.3. The van der Waals surface area contributed by atoms with Gasteiger partial charge in [0.15, 0.2) is 0 Å². The molecule has 0 spiro atoms. The average Bonchev–Trinajstić information content (AvgIpc) is 2.23. The fourth-order valence-electron chi connectivity index (χ4n) is 1.32. The third kappa shape index (κ3) is 7.57. The molecular weight excluding hydrogens is 224 g/mol. The van der Waals surface area contributed by atoms with Crippen LogP contribution in [0, 0.1) is 0 Å². The highest BCUT2D eigenvalue weighted by Gasteiger charge is 2.17. The molecule has 0 aromatic rings. The standard InChI is InChI=1S/C11H22N2O4/c1-9(2)13(7-5-10(14)15)11(16)12-6-4-8-17-3/h9H,4-8H2,1-3H3,(H,12,16)(H,14,15). The Morgan fingerprint density at radius 2 is 2.06 bits per heavy atom. The van der Waals surface area contributed by atoms with Gasteiger partial charge >= 0.3 is 12.0 Å². The number of hydrogen-bond acceptors (Lipinski definition) is 3. The molecule has 0 radical (unpaired) electrons. The van der Waals surface area contributed by atoms with Gasteiger partial charge in [0.1, 0.15) is 0 Å². The summed E-state index contributed by atoms with van der Waals surface area (Å²) in [6, 6.07) is -0.242. The van der Waals surface area contributed by atoms with E-state index in [1.54, 1.807) is 7.11 Å². The number of carboxylic acid groups (broad SMARTS) is 1. The molecule has 0 unspecified atom stereocenters. The Morgan fingerprint density at radius 3 is 2.53 bits per heavy atom. The van der Waals surface area contributed by atoms with Gasteiger partial charge in [-0.1, -0.05) is 0 Å².